The third-order valence-corrected chi connectivity index (χ3v) is 8.16. The van der Waals surface area contributed by atoms with Crippen molar-refractivity contribution in [3.63, 3.8) is 0 Å². The molecule has 6 rings (SSSR count). The summed E-state index contributed by atoms with van der Waals surface area (Å²) in [5, 5.41) is 17.0. The summed E-state index contributed by atoms with van der Waals surface area (Å²) in [5.74, 6) is 1.15. The van der Waals surface area contributed by atoms with E-state index in [9.17, 15) is 14.9 Å². The van der Waals surface area contributed by atoms with Crippen LogP contribution in [0.15, 0.2) is 72.4 Å². The zero-order chi connectivity index (χ0) is 28.3. The first kappa shape index (κ1) is 26.7. The van der Waals surface area contributed by atoms with E-state index in [1.165, 1.54) is 23.5 Å². The molecule has 1 aliphatic rings. The Hall–Kier alpha value is -4.55. The topological polar surface area (TPSA) is 122 Å². The van der Waals surface area contributed by atoms with E-state index in [1.807, 2.05) is 51.2 Å². The summed E-state index contributed by atoms with van der Waals surface area (Å²) in [5.41, 5.74) is 3.08. The first-order valence-corrected chi connectivity index (χ1v) is 14.2. The minimum atomic E-state index is -0.416. The van der Waals surface area contributed by atoms with Gasteiger partial charge in [-0.3, -0.25) is 14.9 Å². The number of carbonyl (C=O) groups excluding carboxylic acids is 1. The Kier molecular flexibility index (Phi) is 7.49. The fourth-order valence-electron chi connectivity index (χ4n) is 4.72. The van der Waals surface area contributed by atoms with Crippen LogP contribution in [0.1, 0.15) is 20.8 Å². The molecule has 3 aromatic heterocycles. The third-order valence-electron chi connectivity index (χ3n) is 6.94. The van der Waals surface area contributed by atoms with Gasteiger partial charge < -0.3 is 19.7 Å². The van der Waals surface area contributed by atoms with Crippen molar-refractivity contribution in [2.45, 2.75) is 13.1 Å². The average molecular weight is 589 g/mol. The quantitative estimate of drug-likeness (QED) is 0.197. The van der Waals surface area contributed by atoms with Crippen LogP contribution < -0.4 is 10.2 Å². The van der Waals surface area contributed by atoms with Gasteiger partial charge in [0.25, 0.3) is 11.6 Å². The number of aromatic nitrogens is 4. The number of nitrogens with one attached hydrogen (secondary N) is 1. The van der Waals surface area contributed by atoms with Gasteiger partial charge in [0.15, 0.2) is 17.0 Å². The number of nitro groups is 1. The zero-order valence-corrected chi connectivity index (χ0v) is 23.4. The van der Waals surface area contributed by atoms with Gasteiger partial charge in [0.2, 0.25) is 5.95 Å². The van der Waals surface area contributed by atoms with Gasteiger partial charge >= 0.3 is 0 Å². The molecule has 0 saturated carbocycles. The first-order chi connectivity index (χ1) is 20.0. The Balaban J connectivity index is 1.29. The maximum absolute atomic E-state index is 12.8. The molecule has 1 saturated heterocycles. The van der Waals surface area contributed by atoms with Crippen molar-refractivity contribution in [2.75, 3.05) is 36.4 Å². The minimum Gasteiger partial charge on any atom is -0.364 e. The minimum absolute atomic E-state index is 0.0385. The van der Waals surface area contributed by atoms with E-state index in [0.717, 1.165) is 16.0 Å². The second-order valence-electron chi connectivity index (χ2n) is 9.54. The average Bonchev–Trinajstić information content (AvgIpc) is 3.68. The number of nitrogens with zero attached hydrogens (tertiary/aromatic N) is 7. The summed E-state index contributed by atoms with van der Waals surface area (Å²) in [6.07, 6.45) is 1.70. The van der Waals surface area contributed by atoms with Crippen LogP contribution in [0.3, 0.4) is 0 Å². The highest BCUT2D eigenvalue weighted by Crippen LogP contribution is 2.26. The number of carbonyl (C=O) groups is 1. The van der Waals surface area contributed by atoms with Crippen LogP contribution in [0.4, 0.5) is 17.5 Å². The van der Waals surface area contributed by atoms with Gasteiger partial charge in [0.1, 0.15) is 0 Å². The van der Waals surface area contributed by atoms with Crippen molar-refractivity contribution in [3.8, 4) is 0 Å². The fourth-order valence-corrected chi connectivity index (χ4v) is 5.61. The number of rotatable bonds is 8. The van der Waals surface area contributed by atoms with Crippen molar-refractivity contribution in [2.24, 2.45) is 0 Å². The van der Waals surface area contributed by atoms with Gasteiger partial charge in [0, 0.05) is 49.9 Å². The summed E-state index contributed by atoms with van der Waals surface area (Å²) < 4.78 is 1.90. The molecule has 2 aromatic carbocycles. The molecule has 41 heavy (non-hydrogen) atoms. The second kappa shape index (κ2) is 11.5. The molecular formula is C28H25ClN8O3S. The molecule has 1 amide bonds. The number of halogens is 1. The molecule has 1 aliphatic heterocycles. The van der Waals surface area contributed by atoms with E-state index in [4.69, 9.17) is 21.6 Å². The SMILES string of the molecule is O=C(c1cccs1)N1CCN(c2nc(NCc3ccccc3Cl)c3ncn(Cc4ccc([N+](=O)[O-])cc4)c3n2)CC1. The van der Waals surface area contributed by atoms with Gasteiger partial charge in [-0.05, 0) is 28.6 Å². The molecular weight excluding hydrogens is 564 g/mol. The van der Waals surface area contributed by atoms with E-state index in [2.05, 4.69) is 15.2 Å². The number of thiophene rings is 1. The summed E-state index contributed by atoms with van der Waals surface area (Å²) in [4.78, 5) is 42.5. The number of piperazine rings is 1. The lowest BCUT2D eigenvalue weighted by Crippen LogP contribution is -2.49. The number of anilines is 2. The highest BCUT2D eigenvalue weighted by atomic mass is 35.5. The van der Waals surface area contributed by atoms with E-state index < -0.39 is 4.92 Å². The Morgan fingerprint density at radius 1 is 1.02 bits per heavy atom. The summed E-state index contributed by atoms with van der Waals surface area (Å²) >= 11 is 7.83. The molecule has 0 unspecified atom stereocenters. The Bertz CT molecular complexity index is 1700. The lowest BCUT2D eigenvalue weighted by Gasteiger charge is -2.34. The largest absolute Gasteiger partial charge is 0.364 e. The molecule has 1 N–H and O–H groups in total. The van der Waals surface area contributed by atoms with Crippen molar-refractivity contribution >= 4 is 57.5 Å². The van der Waals surface area contributed by atoms with Crippen LogP contribution in [0.25, 0.3) is 11.2 Å². The number of benzene rings is 2. The maximum atomic E-state index is 12.8. The molecule has 0 spiro atoms. The second-order valence-corrected chi connectivity index (χ2v) is 10.9. The van der Waals surface area contributed by atoms with Crippen molar-refractivity contribution < 1.29 is 9.72 Å². The van der Waals surface area contributed by atoms with Gasteiger partial charge in [-0.1, -0.05) is 48.0 Å². The highest BCUT2D eigenvalue weighted by molar-refractivity contribution is 7.12. The van der Waals surface area contributed by atoms with Crippen LogP contribution in [0.2, 0.25) is 5.02 Å². The number of amides is 1. The standard InChI is InChI=1S/C28H25ClN8O3S/c29-22-5-2-1-4-20(22)16-30-25-24-26(36(18-31-24)17-19-7-9-21(10-8-19)37(39)40)33-28(32-25)35-13-11-34(12-14-35)27(38)23-6-3-15-41-23/h1-10,15,18H,11-14,16-17H2,(H,30,32,33). The lowest BCUT2D eigenvalue weighted by molar-refractivity contribution is -0.384. The smallest absolute Gasteiger partial charge is 0.269 e. The molecule has 1 fully saturated rings. The summed E-state index contributed by atoms with van der Waals surface area (Å²) in [6, 6.07) is 17.8. The van der Waals surface area contributed by atoms with E-state index in [-0.39, 0.29) is 11.6 Å². The van der Waals surface area contributed by atoms with E-state index in [1.54, 1.807) is 18.5 Å². The van der Waals surface area contributed by atoms with Crippen LogP contribution in [-0.2, 0) is 13.1 Å². The summed E-state index contributed by atoms with van der Waals surface area (Å²) in [7, 11) is 0. The fraction of sp³-hybridized carbons (Fsp3) is 0.214. The molecule has 4 heterocycles. The molecule has 11 nitrogen and oxygen atoms in total. The van der Waals surface area contributed by atoms with Crippen molar-refractivity contribution in [1.29, 1.82) is 0 Å². The number of hydrogen-bond donors (Lipinski definition) is 1. The Morgan fingerprint density at radius 3 is 2.51 bits per heavy atom. The number of hydrogen-bond acceptors (Lipinski definition) is 9. The monoisotopic (exact) mass is 588 g/mol. The Labute approximate surface area is 244 Å². The molecule has 0 bridgehead atoms. The molecule has 0 aliphatic carbocycles. The van der Waals surface area contributed by atoms with Gasteiger partial charge in [-0.25, -0.2) is 4.98 Å². The van der Waals surface area contributed by atoms with Gasteiger partial charge in [0.05, 0.1) is 22.7 Å². The predicted molar refractivity (Wildman–Crippen MR) is 159 cm³/mol. The molecule has 5 aromatic rings. The Morgan fingerprint density at radius 2 is 1.80 bits per heavy atom. The van der Waals surface area contributed by atoms with E-state index in [0.29, 0.717) is 67.2 Å². The zero-order valence-electron chi connectivity index (χ0n) is 21.8. The molecule has 0 atom stereocenters. The number of imidazole rings is 1. The van der Waals surface area contributed by atoms with Crippen LogP contribution >= 0.6 is 22.9 Å². The van der Waals surface area contributed by atoms with Crippen LogP contribution in [0, 0.1) is 10.1 Å². The summed E-state index contributed by atoms with van der Waals surface area (Å²) in [6.45, 7) is 3.17. The third kappa shape index (κ3) is 5.70. The molecule has 208 valence electrons. The normalized spacial score (nSPS) is 13.5. The number of non-ortho nitro benzene ring substituents is 1. The van der Waals surface area contributed by atoms with E-state index >= 15 is 0 Å². The van der Waals surface area contributed by atoms with Crippen molar-refractivity contribution in [1.82, 2.24) is 24.4 Å². The van der Waals surface area contributed by atoms with Crippen LogP contribution in [-0.4, -0.2) is 61.4 Å². The first-order valence-electron chi connectivity index (χ1n) is 13.0. The highest BCUT2D eigenvalue weighted by Gasteiger charge is 2.25. The maximum Gasteiger partial charge on any atom is 0.269 e. The number of fused-ring (bicyclic) bond motifs is 1. The predicted octanol–water partition coefficient (Wildman–Crippen LogP) is 5.07. The lowest BCUT2D eigenvalue weighted by atomic mass is 10.2. The number of nitro benzene ring substituents is 1. The molecule has 13 heteroatoms. The molecule has 0 radical (unpaired) electrons. The van der Waals surface area contributed by atoms with Gasteiger partial charge in [-0.15, -0.1) is 11.3 Å². The van der Waals surface area contributed by atoms with Gasteiger partial charge in [-0.2, -0.15) is 9.97 Å². The van der Waals surface area contributed by atoms with Crippen LogP contribution in [0.5, 0.6) is 0 Å². The van der Waals surface area contributed by atoms with Crippen molar-refractivity contribution in [3.05, 3.63) is 104 Å².